The van der Waals surface area contributed by atoms with Gasteiger partial charge in [-0.15, -0.1) is 0 Å². The van der Waals surface area contributed by atoms with E-state index in [2.05, 4.69) is 10.1 Å². The maximum Gasteiger partial charge on any atom is 0.250 e. The molecule has 0 saturated heterocycles. The molecule has 0 bridgehead atoms. The molecular formula is C23H16Cl2N2O2. The van der Waals surface area contributed by atoms with Gasteiger partial charge in [-0.25, -0.2) is 0 Å². The first-order valence-corrected chi connectivity index (χ1v) is 9.67. The van der Waals surface area contributed by atoms with E-state index in [1.54, 1.807) is 24.3 Å². The minimum Gasteiger partial charge on any atom is -0.489 e. The van der Waals surface area contributed by atoms with E-state index in [-0.39, 0.29) is 0 Å². The Bertz CT molecular complexity index is 1120. The standard InChI is InChI=1S/C23H16Cl2N2O2/c24-19-10-6-17(21(25)14-19)9-13-22-26-23(27-29-22)18-7-11-20(12-8-18)28-15-16-4-2-1-3-5-16/h1-14H,15H2/b13-9+. The Morgan fingerprint density at radius 2 is 1.69 bits per heavy atom. The molecule has 0 amide bonds. The summed E-state index contributed by atoms with van der Waals surface area (Å²) in [4.78, 5) is 4.39. The third-order valence-corrected chi connectivity index (χ3v) is 4.73. The van der Waals surface area contributed by atoms with Crippen LogP contribution in [0.4, 0.5) is 0 Å². The number of hydrogen-bond donors (Lipinski definition) is 0. The van der Waals surface area contributed by atoms with Crippen molar-refractivity contribution >= 4 is 35.4 Å². The maximum absolute atomic E-state index is 6.16. The first-order valence-electron chi connectivity index (χ1n) is 8.91. The van der Waals surface area contributed by atoms with Gasteiger partial charge >= 0.3 is 0 Å². The van der Waals surface area contributed by atoms with Gasteiger partial charge in [0.25, 0.3) is 5.89 Å². The summed E-state index contributed by atoms with van der Waals surface area (Å²) < 4.78 is 11.1. The largest absolute Gasteiger partial charge is 0.489 e. The highest BCUT2D eigenvalue weighted by Gasteiger charge is 2.07. The van der Waals surface area contributed by atoms with Crippen LogP contribution in [0.15, 0.2) is 77.3 Å². The summed E-state index contributed by atoms with van der Waals surface area (Å²) >= 11 is 12.1. The molecule has 0 N–H and O–H groups in total. The van der Waals surface area contributed by atoms with Crippen LogP contribution in [-0.4, -0.2) is 10.1 Å². The van der Waals surface area contributed by atoms with Crippen molar-refractivity contribution < 1.29 is 9.26 Å². The average molecular weight is 423 g/mol. The molecule has 29 heavy (non-hydrogen) atoms. The Balaban J connectivity index is 1.41. The van der Waals surface area contributed by atoms with Gasteiger partial charge in [-0.2, -0.15) is 4.98 Å². The average Bonchev–Trinajstić information content (AvgIpc) is 3.22. The molecule has 0 unspecified atom stereocenters. The van der Waals surface area contributed by atoms with Crippen LogP contribution in [0.3, 0.4) is 0 Å². The molecule has 4 aromatic rings. The van der Waals surface area contributed by atoms with Gasteiger partial charge in [0.15, 0.2) is 0 Å². The summed E-state index contributed by atoms with van der Waals surface area (Å²) in [7, 11) is 0. The molecule has 1 heterocycles. The van der Waals surface area contributed by atoms with Gasteiger partial charge in [-0.3, -0.25) is 0 Å². The number of benzene rings is 3. The van der Waals surface area contributed by atoms with Crippen molar-refractivity contribution in [2.24, 2.45) is 0 Å². The molecule has 6 heteroatoms. The molecule has 3 aromatic carbocycles. The van der Waals surface area contributed by atoms with Gasteiger partial charge in [-0.05, 0) is 53.6 Å². The van der Waals surface area contributed by atoms with Crippen molar-refractivity contribution in [3.63, 3.8) is 0 Å². The zero-order chi connectivity index (χ0) is 20.1. The van der Waals surface area contributed by atoms with Gasteiger partial charge in [0.1, 0.15) is 12.4 Å². The Labute approximate surface area is 178 Å². The summed E-state index contributed by atoms with van der Waals surface area (Å²) in [5.41, 5.74) is 2.77. The van der Waals surface area contributed by atoms with E-state index in [1.807, 2.05) is 60.7 Å². The number of hydrogen-bond acceptors (Lipinski definition) is 4. The number of ether oxygens (including phenoxy) is 1. The van der Waals surface area contributed by atoms with Crippen LogP contribution in [0.2, 0.25) is 10.0 Å². The lowest BCUT2D eigenvalue weighted by atomic mass is 10.2. The normalized spacial score (nSPS) is 11.1. The quantitative estimate of drug-likeness (QED) is 0.343. The summed E-state index contributed by atoms with van der Waals surface area (Å²) in [6, 6.07) is 22.9. The topological polar surface area (TPSA) is 48.2 Å². The summed E-state index contributed by atoms with van der Waals surface area (Å²) in [6.07, 6.45) is 3.51. The Kier molecular flexibility index (Phi) is 5.94. The molecule has 0 radical (unpaired) electrons. The van der Waals surface area contributed by atoms with Crippen molar-refractivity contribution in [3.05, 3.63) is 99.9 Å². The van der Waals surface area contributed by atoms with E-state index in [1.165, 1.54) is 0 Å². The lowest BCUT2D eigenvalue weighted by Gasteiger charge is -2.06. The second kappa shape index (κ2) is 8.95. The van der Waals surface area contributed by atoms with Gasteiger partial charge in [0.05, 0.1) is 0 Å². The van der Waals surface area contributed by atoms with E-state index in [0.29, 0.717) is 28.4 Å². The SMILES string of the molecule is Clc1ccc(/C=C/c2nc(-c3ccc(OCc4ccccc4)cc3)no2)c(Cl)c1. The Morgan fingerprint density at radius 3 is 2.45 bits per heavy atom. The van der Waals surface area contributed by atoms with Crippen LogP contribution in [0.25, 0.3) is 23.5 Å². The third kappa shape index (κ3) is 5.05. The number of aromatic nitrogens is 2. The van der Waals surface area contributed by atoms with Crippen LogP contribution < -0.4 is 4.74 Å². The summed E-state index contributed by atoms with van der Waals surface area (Å²) in [5.74, 6) is 1.66. The second-order valence-electron chi connectivity index (χ2n) is 6.25. The molecule has 0 atom stereocenters. The van der Waals surface area contributed by atoms with Crippen LogP contribution in [0, 0.1) is 0 Å². The van der Waals surface area contributed by atoms with Crippen molar-refractivity contribution in [3.8, 4) is 17.1 Å². The van der Waals surface area contributed by atoms with Gasteiger partial charge in [0, 0.05) is 21.7 Å². The van der Waals surface area contributed by atoms with E-state index in [0.717, 1.165) is 22.4 Å². The molecule has 0 aliphatic carbocycles. The smallest absolute Gasteiger partial charge is 0.250 e. The molecule has 4 nitrogen and oxygen atoms in total. The van der Waals surface area contributed by atoms with E-state index in [4.69, 9.17) is 32.5 Å². The van der Waals surface area contributed by atoms with Crippen LogP contribution in [0.1, 0.15) is 17.0 Å². The van der Waals surface area contributed by atoms with Crippen molar-refractivity contribution in [1.29, 1.82) is 0 Å². The number of nitrogens with zero attached hydrogens (tertiary/aromatic N) is 2. The minimum atomic E-state index is 0.385. The first kappa shape index (κ1) is 19.2. The highest BCUT2D eigenvalue weighted by atomic mass is 35.5. The molecule has 0 fully saturated rings. The summed E-state index contributed by atoms with van der Waals surface area (Å²) in [5, 5.41) is 5.17. The second-order valence-corrected chi connectivity index (χ2v) is 7.10. The zero-order valence-corrected chi connectivity index (χ0v) is 16.8. The van der Waals surface area contributed by atoms with E-state index < -0.39 is 0 Å². The van der Waals surface area contributed by atoms with Crippen molar-refractivity contribution in [2.45, 2.75) is 6.61 Å². The Morgan fingerprint density at radius 1 is 0.897 bits per heavy atom. The van der Waals surface area contributed by atoms with Gasteiger partial charge < -0.3 is 9.26 Å². The summed E-state index contributed by atoms with van der Waals surface area (Å²) in [6.45, 7) is 0.518. The zero-order valence-electron chi connectivity index (χ0n) is 15.3. The molecule has 0 aliphatic heterocycles. The fourth-order valence-electron chi connectivity index (χ4n) is 2.66. The predicted octanol–water partition coefficient (Wildman–Crippen LogP) is 6.79. The van der Waals surface area contributed by atoms with Gasteiger partial charge in [-0.1, -0.05) is 64.8 Å². The van der Waals surface area contributed by atoms with Crippen molar-refractivity contribution in [1.82, 2.24) is 10.1 Å². The third-order valence-electron chi connectivity index (χ3n) is 4.17. The van der Waals surface area contributed by atoms with Crippen LogP contribution in [-0.2, 0) is 6.61 Å². The fourth-order valence-corrected chi connectivity index (χ4v) is 3.13. The molecule has 0 spiro atoms. The highest BCUT2D eigenvalue weighted by Crippen LogP contribution is 2.24. The fraction of sp³-hybridized carbons (Fsp3) is 0.0435. The molecule has 144 valence electrons. The molecule has 0 saturated carbocycles. The van der Waals surface area contributed by atoms with Gasteiger partial charge in [0.2, 0.25) is 5.82 Å². The lowest BCUT2D eigenvalue weighted by molar-refractivity contribution is 0.306. The molecular weight excluding hydrogens is 407 g/mol. The number of rotatable bonds is 6. The Hall–Kier alpha value is -3.08. The maximum atomic E-state index is 6.16. The molecule has 1 aromatic heterocycles. The number of halogens is 2. The monoisotopic (exact) mass is 422 g/mol. The van der Waals surface area contributed by atoms with Crippen LogP contribution in [0.5, 0.6) is 5.75 Å². The molecule has 4 rings (SSSR count). The molecule has 0 aliphatic rings. The lowest BCUT2D eigenvalue weighted by Crippen LogP contribution is -1.94. The van der Waals surface area contributed by atoms with E-state index in [9.17, 15) is 0 Å². The van der Waals surface area contributed by atoms with E-state index >= 15 is 0 Å². The minimum absolute atomic E-state index is 0.385. The highest BCUT2D eigenvalue weighted by molar-refractivity contribution is 6.35. The van der Waals surface area contributed by atoms with Crippen molar-refractivity contribution in [2.75, 3.05) is 0 Å². The first-order chi connectivity index (χ1) is 14.2. The van der Waals surface area contributed by atoms with Crippen LogP contribution >= 0.6 is 23.2 Å². The predicted molar refractivity (Wildman–Crippen MR) is 116 cm³/mol.